The molecule has 4 rings (SSSR count). The summed E-state index contributed by atoms with van der Waals surface area (Å²) in [5.41, 5.74) is 2.53. The normalized spacial score (nSPS) is 17.5. The fourth-order valence-corrected chi connectivity index (χ4v) is 5.46. The first kappa shape index (κ1) is 19.7. The molecular weight excluding hydrogens is 384 g/mol. The van der Waals surface area contributed by atoms with E-state index in [0.717, 1.165) is 48.1 Å². The van der Waals surface area contributed by atoms with Gasteiger partial charge in [0, 0.05) is 24.7 Å². The Hall–Kier alpha value is -2.60. The van der Waals surface area contributed by atoms with E-state index in [4.69, 9.17) is 4.74 Å². The quantitative estimate of drug-likeness (QED) is 0.628. The highest BCUT2D eigenvalue weighted by molar-refractivity contribution is 7.91. The third kappa shape index (κ3) is 3.69. The lowest BCUT2D eigenvalue weighted by molar-refractivity contribution is 0.415. The average molecular weight is 411 g/mol. The van der Waals surface area contributed by atoms with Gasteiger partial charge in [-0.3, -0.25) is 4.98 Å². The van der Waals surface area contributed by atoms with Crippen LogP contribution in [-0.2, 0) is 9.84 Å². The summed E-state index contributed by atoms with van der Waals surface area (Å²) in [5.74, 6) is 1.20. The van der Waals surface area contributed by atoms with Gasteiger partial charge < -0.3 is 9.64 Å². The molecule has 0 aliphatic carbocycles. The number of rotatable bonds is 4. The molecule has 0 unspecified atom stereocenters. The Balaban J connectivity index is 1.97. The Morgan fingerprint density at radius 1 is 1.14 bits per heavy atom. The van der Waals surface area contributed by atoms with E-state index in [1.54, 1.807) is 19.2 Å². The van der Waals surface area contributed by atoms with Gasteiger partial charge in [0.05, 0.1) is 23.2 Å². The molecule has 6 heteroatoms. The highest BCUT2D eigenvalue weighted by atomic mass is 32.2. The molecule has 0 saturated carbocycles. The van der Waals surface area contributed by atoms with Gasteiger partial charge in [0.2, 0.25) is 9.84 Å². The molecule has 1 aromatic heterocycles. The fourth-order valence-electron chi connectivity index (χ4n) is 4.03. The summed E-state index contributed by atoms with van der Waals surface area (Å²) in [4.78, 5) is 7.24. The van der Waals surface area contributed by atoms with Gasteiger partial charge in [-0.05, 0) is 56.0 Å². The summed E-state index contributed by atoms with van der Waals surface area (Å²) < 4.78 is 32.6. The van der Waals surface area contributed by atoms with Gasteiger partial charge in [0.25, 0.3) is 0 Å². The van der Waals surface area contributed by atoms with Crippen LogP contribution in [0.1, 0.15) is 25.3 Å². The molecule has 1 saturated heterocycles. The topological polar surface area (TPSA) is 59.5 Å². The maximum Gasteiger partial charge on any atom is 0.210 e. The van der Waals surface area contributed by atoms with E-state index >= 15 is 0 Å². The molecule has 0 spiro atoms. The summed E-state index contributed by atoms with van der Waals surface area (Å²) >= 11 is 0. The fraction of sp³-hybridized carbons (Fsp3) is 0.348. The highest BCUT2D eigenvalue weighted by Crippen LogP contribution is 2.38. The van der Waals surface area contributed by atoms with Crippen LogP contribution in [-0.4, -0.2) is 33.6 Å². The van der Waals surface area contributed by atoms with Crippen molar-refractivity contribution in [3.8, 4) is 5.75 Å². The summed E-state index contributed by atoms with van der Waals surface area (Å²) in [5, 5.41) is 0.812. The van der Waals surface area contributed by atoms with E-state index in [0.29, 0.717) is 16.6 Å². The first-order valence-corrected chi connectivity index (χ1v) is 11.4. The van der Waals surface area contributed by atoms with Crippen LogP contribution < -0.4 is 9.64 Å². The number of aromatic nitrogens is 1. The van der Waals surface area contributed by atoms with Crippen LogP contribution in [0.5, 0.6) is 5.75 Å². The van der Waals surface area contributed by atoms with Crippen molar-refractivity contribution in [3.05, 3.63) is 54.2 Å². The van der Waals surface area contributed by atoms with Crippen LogP contribution in [0.3, 0.4) is 0 Å². The molecule has 1 aliphatic rings. The van der Waals surface area contributed by atoms with Gasteiger partial charge in [-0.2, -0.15) is 0 Å². The number of hydrogen-bond acceptors (Lipinski definition) is 5. The van der Waals surface area contributed by atoms with Crippen LogP contribution >= 0.6 is 0 Å². The van der Waals surface area contributed by atoms with E-state index in [2.05, 4.69) is 16.8 Å². The third-order valence-electron chi connectivity index (χ3n) is 5.61. The zero-order chi connectivity index (χ0) is 20.6. The highest BCUT2D eigenvalue weighted by Gasteiger charge is 2.29. The number of nitrogens with zero attached hydrogens (tertiary/aromatic N) is 2. The summed E-state index contributed by atoms with van der Waals surface area (Å²) in [6.07, 6.45) is 3.71. The first-order chi connectivity index (χ1) is 13.9. The predicted molar refractivity (Wildman–Crippen MR) is 116 cm³/mol. The van der Waals surface area contributed by atoms with Gasteiger partial charge in [0.15, 0.2) is 0 Å². The number of methoxy groups -OCH3 is 1. The van der Waals surface area contributed by atoms with Crippen molar-refractivity contribution >= 4 is 26.4 Å². The molecule has 1 atom stereocenters. The van der Waals surface area contributed by atoms with Gasteiger partial charge in [0.1, 0.15) is 10.6 Å². The van der Waals surface area contributed by atoms with E-state index in [9.17, 15) is 8.42 Å². The zero-order valence-corrected chi connectivity index (χ0v) is 17.9. The van der Waals surface area contributed by atoms with Crippen molar-refractivity contribution in [1.82, 2.24) is 4.98 Å². The van der Waals surface area contributed by atoms with Crippen molar-refractivity contribution in [3.63, 3.8) is 0 Å². The second-order valence-corrected chi connectivity index (χ2v) is 9.78. The van der Waals surface area contributed by atoms with E-state index in [1.165, 1.54) is 6.20 Å². The lowest BCUT2D eigenvalue weighted by Gasteiger charge is -2.34. The number of anilines is 1. The number of fused-ring (bicyclic) bond motifs is 1. The van der Waals surface area contributed by atoms with Gasteiger partial charge in [-0.1, -0.05) is 24.6 Å². The van der Waals surface area contributed by atoms with Gasteiger partial charge in [-0.25, -0.2) is 8.42 Å². The Bertz CT molecular complexity index is 1140. The number of piperidine rings is 1. The van der Waals surface area contributed by atoms with Crippen molar-refractivity contribution in [2.24, 2.45) is 5.92 Å². The molecule has 2 heterocycles. The molecule has 3 aromatic rings. The summed E-state index contributed by atoms with van der Waals surface area (Å²) in [7, 11) is -2.09. The van der Waals surface area contributed by atoms with Crippen molar-refractivity contribution < 1.29 is 13.2 Å². The minimum atomic E-state index is -3.71. The molecule has 1 aliphatic heterocycles. The largest absolute Gasteiger partial charge is 0.497 e. The van der Waals surface area contributed by atoms with Gasteiger partial charge >= 0.3 is 0 Å². The summed E-state index contributed by atoms with van der Waals surface area (Å²) in [6.45, 7) is 5.81. The molecule has 0 amide bonds. The molecule has 0 N–H and O–H groups in total. The standard InChI is InChI=1S/C23H26N2O3S/c1-16-6-9-19(10-7-16)29(26,27)22-14-24-21-11-8-18(28-3)13-20(21)23(22)25-12-4-5-17(2)15-25/h6-11,13-14,17H,4-5,12,15H2,1-3H3/t17-/m1/s1. The Kier molecular flexibility index (Phi) is 5.21. The number of aryl methyl sites for hydroxylation is 1. The van der Waals surface area contributed by atoms with Crippen molar-refractivity contribution in [1.29, 1.82) is 0 Å². The average Bonchev–Trinajstić information content (AvgIpc) is 2.72. The molecule has 29 heavy (non-hydrogen) atoms. The van der Waals surface area contributed by atoms with Crippen molar-refractivity contribution in [2.45, 2.75) is 36.5 Å². The van der Waals surface area contributed by atoms with E-state index in [-0.39, 0.29) is 4.90 Å². The molecule has 1 fully saturated rings. The second-order valence-electron chi connectivity index (χ2n) is 7.86. The van der Waals surface area contributed by atoms with Crippen molar-refractivity contribution in [2.75, 3.05) is 25.1 Å². The van der Waals surface area contributed by atoms with Crippen LogP contribution in [0.15, 0.2) is 58.5 Å². The predicted octanol–water partition coefficient (Wildman–Crippen LogP) is 4.62. The van der Waals surface area contributed by atoms with Gasteiger partial charge in [-0.15, -0.1) is 0 Å². The van der Waals surface area contributed by atoms with Crippen LogP contribution in [0, 0.1) is 12.8 Å². The Morgan fingerprint density at radius 3 is 2.59 bits per heavy atom. The minimum Gasteiger partial charge on any atom is -0.497 e. The minimum absolute atomic E-state index is 0.260. The van der Waals surface area contributed by atoms with E-state index in [1.807, 2.05) is 37.3 Å². The van der Waals surface area contributed by atoms with Crippen LogP contribution in [0.25, 0.3) is 10.9 Å². The lowest BCUT2D eigenvalue weighted by Crippen LogP contribution is -2.35. The third-order valence-corrected chi connectivity index (χ3v) is 7.38. The molecular formula is C23H26N2O3S. The van der Waals surface area contributed by atoms with E-state index < -0.39 is 9.84 Å². The maximum absolute atomic E-state index is 13.6. The van der Waals surface area contributed by atoms with Crippen LogP contribution in [0.2, 0.25) is 0 Å². The van der Waals surface area contributed by atoms with Crippen LogP contribution in [0.4, 0.5) is 5.69 Å². The monoisotopic (exact) mass is 410 g/mol. The lowest BCUT2D eigenvalue weighted by atomic mass is 9.99. The SMILES string of the molecule is COc1ccc2ncc(S(=O)(=O)c3ccc(C)cc3)c(N3CCC[C@@H](C)C3)c2c1. The molecule has 0 bridgehead atoms. The number of benzene rings is 2. The zero-order valence-electron chi connectivity index (χ0n) is 17.1. The molecule has 2 aromatic carbocycles. The number of ether oxygens (including phenoxy) is 1. The number of sulfone groups is 1. The Morgan fingerprint density at radius 2 is 1.90 bits per heavy atom. The number of pyridine rings is 1. The number of hydrogen-bond donors (Lipinski definition) is 0. The molecule has 5 nitrogen and oxygen atoms in total. The molecule has 0 radical (unpaired) electrons. The Labute approximate surface area is 172 Å². The molecule has 152 valence electrons. The first-order valence-electron chi connectivity index (χ1n) is 9.93. The smallest absolute Gasteiger partial charge is 0.210 e. The summed E-state index contributed by atoms with van der Waals surface area (Å²) in [6, 6.07) is 12.6. The second kappa shape index (κ2) is 7.67. The maximum atomic E-state index is 13.6.